The first-order valence-electron chi connectivity index (χ1n) is 5.09. The predicted octanol–water partition coefficient (Wildman–Crippen LogP) is 2.13. The van der Waals surface area contributed by atoms with E-state index in [9.17, 15) is 4.79 Å². The number of nitrogens with zero attached hydrogens (tertiary/aromatic N) is 2. The van der Waals surface area contributed by atoms with Crippen LogP contribution in [0.2, 0.25) is 0 Å². The van der Waals surface area contributed by atoms with E-state index >= 15 is 0 Å². The maximum Gasteiger partial charge on any atom is 0.356 e. The van der Waals surface area contributed by atoms with E-state index in [4.69, 9.17) is 5.11 Å². The fraction of sp³-hybridized carbons (Fsp3) is 0.167. The first-order chi connectivity index (χ1) is 7.72. The average Bonchev–Trinajstić information content (AvgIpc) is 2.78. The van der Waals surface area contributed by atoms with Crippen molar-refractivity contribution < 1.29 is 9.90 Å². The zero-order chi connectivity index (χ0) is 11.5. The highest BCUT2D eigenvalue weighted by atomic mass is 16.4. The van der Waals surface area contributed by atoms with Gasteiger partial charge in [-0.2, -0.15) is 5.10 Å². The third kappa shape index (κ3) is 1.82. The first-order valence-corrected chi connectivity index (χ1v) is 5.09. The van der Waals surface area contributed by atoms with Crippen LogP contribution >= 0.6 is 0 Å². The van der Waals surface area contributed by atoms with E-state index in [1.54, 1.807) is 10.9 Å². The largest absolute Gasteiger partial charge is 0.476 e. The molecule has 82 valence electrons. The molecule has 0 atom stereocenters. The fourth-order valence-corrected chi connectivity index (χ4v) is 1.61. The smallest absolute Gasteiger partial charge is 0.356 e. The summed E-state index contributed by atoms with van der Waals surface area (Å²) < 4.78 is 1.60. The van der Waals surface area contributed by atoms with E-state index in [0.717, 1.165) is 17.7 Å². The van der Waals surface area contributed by atoms with Crippen LogP contribution in [0.15, 0.2) is 36.5 Å². The maximum atomic E-state index is 10.7. The Balaban J connectivity index is 2.46. The highest BCUT2D eigenvalue weighted by Gasteiger charge is 2.09. The molecule has 0 amide bonds. The van der Waals surface area contributed by atoms with E-state index in [1.165, 1.54) is 6.07 Å². The molecule has 1 N–H and O–H groups in total. The Hall–Kier alpha value is -2.10. The number of hydrogen-bond acceptors (Lipinski definition) is 2. The van der Waals surface area contributed by atoms with Gasteiger partial charge in [-0.1, -0.05) is 25.1 Å². The SMILES string of the molecule is CCc1ccccc1-n1ccc(C(=O)O)n1. The van der Waals surface area contributed by atoms with Crippen LogP contribution < -0.4 is 0 Å². The molecule has 1 heterocycles. The Morgan fingerprint density at radius 3 is 2.75 bits per heavy atom. The zero-order valence-corrected chi connectivity index (χ0v) is 8.92. The van der Waals surface area contributed by atoms with Gasteiger partial charge in [-0.3, -0.25) is 0 Å². The Morgan fingerprint density at radius 2 is 2.12 bits per heavy atom. The summed E-state index contributed by atoms with van der Waals surface area (Å²) in [5, 5.41) is 12.8. The molecule has 1 aromatic heterocycles. The van der Waals surface area contributed by atoms with Crippen LogP contribution in [0.25, 0.3) is 5.69 Å². The van der Waals surface area contributed by atoms with E-state index < -0.39 is 5.97 Å². The van der Waals surface area contributed by atoms with Crippen molar-refractivity contribution in [2.75, 3.05) is 0 Å². The molecule has 2 rings (SSSR count). The fourth-order valence-electron chi connectivity index (χ4n) is 1.61. The summed E-state index contributed by atoms with van der Waals surface area (Å²) in [5.41, 5.74) is 2.13. The van der Waals surface area contributed by atoms with Crippen LogP contribution in [0, 0.1) is 0 Å². The van der Waals surface area contributed by atoms with E-state index in [-0.39, 0.29) is 5.69 Å². The van der Waals surface area contributed by atoms with Gasteiger partial charge in [0.25, 0.3) is 0 Å². The number of carboxylic acids is 1. The number of aromatic carboxylic acids is 1. The summed E-state index contributed by atoms with van der Waals surface area (Å²) >= 11 is 0. The van der Waals surface area contributed by atoms with Gasteiger partial charge in [-0.25, -0.2) is 9.48 Å². The molecule has 0 saturated heterocycles. The summed E-state index contributed by atoms with van der Waals surface area (Å²) in [4.78, 5) is 10.7. The number of aryl methyl sites for hydroxylation is 1. The minimum atomic E-state index is -1.01. The van der Waals surface area contributed by atoms with Crippen molar-refractivity contribution in [1.29, 1.82) is 0 Å². The molecule has 0 fully saturated rings. The molecule has 0 radical (unpaired) electrons. The number of hydrogen-bond donors (Lipinski definition) is 1. The molecular formula is C12H12N2O2. The quantitative estimate of drug-likeness (QED) is 0.855. The molecule has 0 saturated carbocycles. The predicted molar refractivity (Wildman–Crippen MR) is 59.9 cm³/mol. The highest BCUT2D eigenvalue weighted by Crippen LogP contribution is 2.14. The Bertz CT molecular complexity index is 517. The number of para-hydroxylation sites is 1. The van der Waals surface area contributed by atoms with Gasteiger partial charge in [-0.05, 0) is 24.1 Å². The number of carboxylic acid groups (broad SMARTS) is 1. The second-order valence-corrected chi connectivity index (χ2v) is 3.43. The molecule has 4 nitrogen and oxygen atoms in total. The van der Waals surface area contributed by atoms with Gasteiger partial charge in [0.2, 0.25) is 0 Å². The zero-order valence-electron chi connectivity index (χ0n) is 8.92. The number of rotatable bonds is 3. The van der Waals surface area contributed by atoms with Crippen LogP contribution in [0.3, 0.4) is 0 Å². The highest BCUT2D eigenvalue weighted by molar-refractivity contribution is 5.85. The van der Waals surface area contributed by atoms with Crippen molar-refractivity contribution in [3.05, 3.63) is 47.8 Å². The topological polar surface area (TPSA) is 55.1 Å². The Morgan fingerprint density at radius 1 is 1.38 bits per heavy atom. The monoisotopic (exact) mass is 216 g/mol. The van der Waals surface area contributed by atoms with Gasteiger partial charge in [0.05, 0.1) is 5.69 Å². The third-order valence-electron chi connectivity index (χ3n) is 2.43. The maximum absolute atomic E-state index is 10.7. The minimum Gasteiger partial charge on any atom is -0.476 e. The lowest BCUT2D eigenvalue weighted by Gasteiger charge is -2.06. The summed E-state index contributed by atoms with van der Waals surface area (Å²) in [6, 6.07) is 9.31. The van der Waals surface area contributed by atoms with Gasteiger partial charge < -0.3 is 5.11 Å². The molecule has 2 aromatic rings. The normalized spacial score (nSPS) is 10.3. The average molecular weight is 216 g/mol. The Labute approximate surface area is 93.1 Å². The van der Waals surface area contributed by atoms with Crippen molar-refractivity contribution >= 4 is 5.97 Å². The number of aromatic nitrogens is 2. The van der Waals surface area contributed by atoms with E-state index in [1.807, 2.05) is 24.3 Å². The molecule has 4 heteroatoms. The minimum absolute atomic E-state index is 0.0610. The van der Waals surface area contributed by atoms with Gasteiger partial charge >= 0.3 is 5.97 Å². The molecule has 0 aliphatic carbocycles. The van der Waals surface area contributed by atoms with Gasteiger partial charge in [0.1, 0.15) is 0 Å². The standard InChI is InChI=1S/C12H12N2O2/c1-2-9-5-3-4-6-11(9)14-8-7-10(13-14)12(15)16/h3-8H,2H2,1H3,(H,15,16). The second-order valence-electron chi connectivity index (χ2n) is 3.43. The van der Waals surface area contributed by atoms with Crippen molar-refractivity contribution in [3.8, 4) is 5.69 Å². The molecule has 1 aromatic carbocycles. The van der Waals surface area contributed by atoms with Crippen molar-refractivity contribution in [1.82, 2.24) is 9.78 Å². The van der Waals surface area contributed by atoms with Crippen molar-refractivity contribution in [3.63, 3.8) is 0 Å². The molecule has 0 aliphatic rings. The van der Waals surface area contributed by atoms with E-state index in [2.05, 4.69) is 12.0 Å². The molecule has 0 spiro atoms. The number of benzene rings is 1. The summed E-state index contributed by atoms with van der Waals surface area (Å²) in [6.07, 6.45) is 2.55. The lowest BCUT2D eigenvalue weighted by atomic mass is 10.1. The third-order valence-corrected chi connectivity index (χ3v) is 2.43. The van der Waals surface area contributed by atoms with E-state index in [0.29, 0.717) is 0 Å². The van der Waals surface area contributed by atoms with Gasteiger partial charge in [0.15, 0.2) is 5.69 Å². The summed E-state index contributed by atoms with van der Waals surface area (Å²) in [5.74, 6) is -1.01. The molecule has 16 heavy (non-hydrogen) atoms. The van der Waals surface area contributed by atoms with Crippen molar-refractivity contribution in [2.24, 2.45) is 0 Å². The number of carbonyl (C=O) groups is 1. The first kappa shape index (κ1) is 10.4. The van der Waals surface area contributed by atoms with Gasteiger partial charge in [-0.15, -0.1) is 0 Å². The van der Waals surface area contributed by atoms with Crippen LogP contribution in [-0.2, 0) is 6.42 Å². The lowest BCUT2D eigenvalue weighted by Crippen LogP contribution is -2.03. The molecular weight excluding hydrogens is 204 g/mol. The van der Waals surface area contributed by atoms with Crippen LogP contribution in [0.4, 0.5) is 0 Å². The molecule has 0 aliphatic heterocycles. The van der Waals surface area contributed by atoms with Crippen LogP contribution in [0.5, 0.6) is 0 Å². The van der Waals surface area contributed by atoms with Crippen LogP contribution in [-0.4, -0.2) is 20.9 Å². The summed E-state index contributed by atoms with van der Waals surface area (Å²) in [7, 11) is 0. The van der Waals surface area contributed by atoms with Crippen LogP contribution in [0.1, 0.15) is 23.0 Å². The second kappa shape index (κ2) is 4.18. The Kier molecular flexibility index (Phi) is 2.72. The summed E-state index contributed by atoms with van der Waals surface area (Å²) in [6.45, 7) is 2.06. The van der Waals surface area contributed by atoms with Gasteiger partial charge in [0, 0.05) is 6.20 Å². The van der Waals surface area contributed by atoms with Crippen molar-refractivity contribution in [2.45, 2.75) is 13.3 Å². The molecule has 0 unspecified atom stereocenters. The lowest BCUT2D eigenvalue weighted by molar-refractivity contribution is 0.0690. The molecule has 0 bridgehead atoms.